The molecule has 1 amide bonds. The lowest BCUT2D eigenvalue weighted by Gasteiger charge is -2.22. The van der Waals surface area contributed by atoms with Gasteiger partial charge in [0.1, 0.15) is 11.5 Å². The van der Waals surface area contributed by atoms with Crippen molar-refractivity contribution in [3.05, 3.63) is 63.1 Å². The molecule has 0 bridgehead atoms. The molecule has 1 aromatic carbocycles. The Morgan fingerprint density at radius 1 is 1.17 bits per heavy atom. The predicted molar refractivity (Wildman–Crippen MR) is 164 cm³/mol. The van der Waals surface area contributed by atoms with Gasteiger partial charge in [-0.1, -0.05) is 32.8 Å². The van der Waals surface area contributed by atoms with Gasteiger partial charge in [0.15, 0.2) is 0 Å². The van der Waals surface area contributed by atoms with Crippen molar-refractivity contribution >= 4 is 46.2 Å². The van der Waals surface area contributed by atoms with E-state index in [0.29, 0.717) is 17.4 Å². The predicted octanol–water partition coefficient (Wildman–Crippen LogP) is 8.01. The Morgan fingerprint density at radius 2 is 1.88 bits per heavy atom. The first-order valence-electron chi connectivity index (χ1n) is 14.1. The molecule has 0 saturated carbocycles. The van der Waals surface area contributed by atoms with Crippen molar-refractivity contribution in [1.82, 2.24) is 10.3 Å². The molecule has 2 aliphatic rings. The number of carbonyl (C=O) groups excluding carboxylic acids is 2. The molecule has 224 valence electrons. The fraction of sp³-hybridized carbons (Fsp3) is 0.500. The van der Waals surface area contributed by atoms with Crippen molar-refractivity contribution in [3.8, 4) is 0 Å². The number of thiazole rings is 1. The summed E-state index contributed by atoms with van der Waals surface area (Å²) in [5.41, 5.74) is 0.298. The van der Waals surface area contributed by atoms with Crippen molar-refractivity contribution in [2.24, 2.45) is 0 Å². The first kappa shape index (κ1) is 32.7. The molecule has 2 aliphatic heterocycles. The second-order valence-electron chi connectivity index (χ2n) is 10.1. The topological polar surface area (TPSA) is 74.3 Å². The van der Waals surface area contributed by atoms with Crippen LogP contribution in [0.3, 0.4) is 0 Å². The number of amides is 1. The number of hydrogen-bond donors (Lipinski definition) is 2. The summed E-state index contributed by atoms with van der Waals surface area (Å²) in [5, 5.41) is 8.37. The van der Waals surface area contributed by atoms with E-state index in [-0.39, 0.29) is 17.2 Å². The lowest BCUT2D eigenvalue weighted by Crippen LogP contribution is -2.22. The zero-order valence-corrected chi connectivity index (χ0v) is 25.5. The molecule has 4 rings (SSSR count). The standard InChI is InChI=1S/C22H28F3N3OS.C8H11NOS/c1-3-7-15(8-4-2)21-27-18(14-30-21)20(29)26-17-13-16(22(23,24)25)9-10-19(17)28-11-5-6-12-28;1-7(10)6-11-8-2-4-9-5-3-8/h9-10,13-15H,3-8,11-12H2,1-2H3,(H,26,29);2-4,9H,5-6H2,1H3. The van der Waals surface area contributed by atoms with Crippen LogP contribution in [0.2, 0.25) is 0 Å². The third-order valence-corrected chi connectivity index (χ3v) is 8.82. The van der Waals surface area contributed by atoms with Crippen LogP contribution in [-0.2, 0) is 11.0 Å². The lowest BCUT2D eigenvalue weighted by atomic mass is 9.99. The highest BCUT2D eigenvalue weighted by Gasteiger charge is 2.32. The first-order valence-corrected chi connectivity index (χ1v) is 15.9. The molecule has 3 heterocycles. The Bertz CT molecular complexity index is 1210. The number of Topliss-reactive ketones (excluding diaryl/α,β-unsaturated/α-hetero) is 1. The Hall–Kier alpha value is -2.79. The van der Waals surface area contributed by atoms with E-state index in [2.05, 4.69) is 35.5 Å². The molecule has 2 aromatic rings. The SMILES string of the molecule is CC(=O)CSC1=CCNC=C1.CCCC(CCC)c1nc(C(=O)Nc2cc(C(F)(F)F)ccc2N2CCCC2)cs1. The van der Waals surface area contributed by atoms with Gasteiger partial charge >= 0.3 is 6.18 Å². The van der Waals surface area contributed by atoms with E-state index >= 15 is 0 Å². The fourth-order valence-corrected chi connectivity index (χ4v) is 6.34. The van der Waals surface area contributed by atoms with Crippen LogP contribution in [-0.4, -0.2) is 42.1 Å². The van der Waals surface area contributed by atoms with Gasteiger partial charge in [-0.15, -0.1) is 23.1 Å². The van der Waals surface area contributed by atoms with Crippen LogP contribution in [0.5, 0.6) is 0 Å². The largest absolute Gasteiger partial charge is 0.416 e. The fourth-order valence-electron chi connectivity index (χ4n) is 4.63. The molecule has 2 N–H and O–H groups in total. The van der Waals surface area contributed by atoms with Crippen molar-refractivity contribution < 1.29 is 22.8 Å². The molecule has 1 saturated heterocycles. The second kappa shape index (κ2) is 16.0. The number of halogens is 3. The molecule has 11 heteroatoms. The summed E-state index contributed by atoms with van der Waals surface area (Å²) < 4.78 is 39.7. The number of allylic oxidation sites excluding steroid dienone is 1. The quantitative estimate of drug-likeness (QED) is 0.269. The van der Waals surface area contributed by atoms with Crippen LogP contribution in [0.1, 0.15) is 86.3 Å². The van der Waals surface area contributed by atoms with E-state index in [0.717, 1.165) is 75.3 Å². The minimum absolute atomic E-state index is 0.185. The number of nitrogens with zero attached hydrogens (tertiary/aromatic N) is 2. The van der Waals surface area contributed by atoms with Gasteiger partial charge in [-0.25, -0.2) is 4.98 Å². The molecule has 1 fully saturated rings. The van der Waals surface area contributed by atoms with Crippen LogP contribution in [0.25, 0.3) is 0 Å². The molecule has 0 aliphatic carbocycles. The van der Waals surface area contributed by atoms with Gasteiger partial charge in [0, 0.05) is 35.8 Å². The molecule has 0 spiro atoms. The van der Waals surface area contributed by atoms with Crippen LogP contribution in [0, 0.1) is 0 Å². The van der Waals surface area contributed by atoms with Gasteiger partial charge in [-0.2, -0.15) is 13.2 Å². The van der Waals surface area contributed by atoms with E-state index in [1.165, 1.54) is 22.3 Å². The van der Waals surface area contributed by atoms with Crippen LogP contribution >= 0.6 is 23.1 Å². The lowest BCUT2D eigenvalue weighted by molar-refractivity contribution is -0.137. The monoisotopic (exact) mass is 608 g/mol. The molecular weight excluding hydrogens is 569 g/mol. The van der Waals surface area contributed by atoms with E-state index < -0.39 is 17.6 Å². The number of carbonyl (C=O) groups is 2. The maximum atomic E-state index is 13.2. The zero-order valence-electron chi connectivity index (χ0n) is 23.9. The first-order chi connectivity index (χ1) is 19.6. The summed E-state index contributed by atoms with van der Waals surface area (Å²) in [6.45, 7) is 8.26. The van der Waals surface area contributed by atoms with Crippen molar-refractivity contribution in [1.29, 1.82) is 0 Å². The van der Waals surface area contributed by atoms with Crippen LogP contribution in [0.15, 0.2) is 46.8 Å². The molecule has 0 radical (unpaired) electrons. The average Bonchev–Trinajstić information content (AvgIpc) is 3.65. The highest BCUT2D eigenvalue weighted by molar-refractivity contribution is 8.03. The summed E-state index contributed by atoms with van der Waals surface area (Å²) in [4.78, 5) is 31.1. The summed E-state index contributed by atoms with van der Waals surface area (Å²) in [5.74, 6) is 0.656. The highest BCUT2D eigenvalue weighted by Crippen LogP contribution is 2.37. The minimum Gasteiger partial charge on any atom is -0.387 e. The Morgan fingerprint density at radius 3 is 2.46 bits per heavy atom. The maximum Gasteiger partial charge on any atom is 0.416 e. The Kier molecular flexibility index (Phi) is 12.8. The number of nitrogens with one attached hydrogen (secondary N) is 2. The molecule has 0 atom stereocenters. The number of dihydropyridines is 1. The third-order valence-electron chi connectivity index (χ3n) is 6.63. The Balaban J connectivity index is 0.000000352. The van der Waals surface area contributed by atoms with Gasteiger partial charge in [0.2, 0.25) is 0 Å². The van der Waals surface area contributed by atoms with E-state index in [1.54, 1.807) is 24.1 Å². The van der Waals surface area contributed by atoms with Crippen LogP contribution in [0.4, 0.5) is 24.5 Å². The van der Waals surface area contributed by atoms with Gasteiger partial charge in [-0.3, -0.25) is 9.59 Å². The van der Waals surface area contributed by atoms with Gasteiger partial charge in [0.05, 0.1) is 27.7 Å². The number of rotatable bonds is 11. The zero-order chi connectivity index (χ0) is 29.8. The normalized spacial score (nSPS) is 14.8. The smallest absolute Gasteiger partial charge is 0.387 e. The Labute approximate surface area is 248 Å². The number of benzene rings is 1. The second-order valence-corrected chi connectivity index (χ2v) is 12.0. The minimum atomic E-state index is -4.47. The number of aromatic nitrogens is 1. The van der Waals surface area contributed by atoms with Gasteiger partial charge < -0.3 is 15.5 Å². The van der Waals surface area contributed by atoms with Gasteiger partial charge in [0.25, 0.3) is 5.91 Å². The molecule has 6 nitrogen and oxygen atoms in total. The summed E-state index contributed by atoms with van der Waals surface area (Å²) in [7, 11) is 0. The third kappa shape index (κ3) is 10.2. The van der Waals surface area contributed by atoms with Crippen molar-refractivity contribution in [2.45, 2.75) is 71.4 Å². The van der Waals surface area contributed by atoms with E-state index in [4.69, 9.17) is 0 Å². The number of hydrogen-bond acceptors (Lipinski definition) is 7. The highest BCUT2D eigenvalue weighted by atomic mass is 32.2. The number of alkyl halides is 3. The number of anilines is 2. The molecular formula is C30H39F3N4O2S2. The van der Waals surface area contributed by atoms with Gasteiger partial charge in [-0.05, 0) is 63.1 Å². The molecule has 41 heavy (non-hydrogen) atoms. The van der Waals surface area contributed by atoms with Crippen LogP contribution < -0.4 is 15.5 Å². The number of thioether (sulfide) groups is 1. The number of ketones is 1. The van der Waals surface area contributed by atoms with E-state index in [1.807, 2.05) is 17.2 Å². The van der Waals surface area contributed by atoms with Crippen molar-refractivity contribution in [3.63, 3.8) is 0 Å². The van der Waals surface area contributed by atoms with E-state index in [9.17, 15) is 22.8 Å². The molecule has 1 aromatic heterocycles. The average molecular weight is 609 g/mol. The summed E-state index contributed by atoms with van der Waals surface area (Å²) in [6, 6.07) is 3.55. The molecule has 0 unspecified atom stereocenters. The summed E-state index contributed by atoms with van der Waals surface area (Å²) in [6.07, 6.45) is 7.56. The maximum absolute atomic E-state index is 13.2. The summed E-state index contributed by atoms with van der Waals surface area (Å²) >= 11 is 3.04. The van der Waals surface area contributed by atoms with Crippen molar-refractivity contribution in [2.75, 3.05) is 35.6 Å².